The van der Waals surface area contributed by atoms with Crippen LogP contribution in [0.2, 0.25) is 5.02 Å². The number of nitrogen functional groups attached to an aromatic ring is 1. The highest BCUT2D eigenvalue weighted by Gasteiger charge is 2.08. The highest BCUT2D eigenvalue weighted by Crippen LogP contribution is 2.28. The van der Waals surface area contributed by atoms with E-state index in [0.29, 0.717) is 27.9 Å². The molecule has 2 aromatic rings. The van der Waals surface area contributed by atoms with Gasteiger partial charge in [-0.3, -0.25) is 0 Å². The van der Waals surface area contributed by atoms with Gasteiger partial charge in [0, 0.05) is 5.56 Å². The van der Waals surface area contributed by atoms with Crippen LogP contribution in [0.25, 0.3) is 0 Å². The third-order valence-corrected chi connectivity index (χ3v) is 2.90. The van der Waals surface area contributed by atoms with Gasteiger partial charge in [-0.15, -0.1) is 0 Å². The van der Waals surface area contributed by atoms with E-state index in [4.69, 9.17) is 22.7 Å². The maximum absolute atomic E-state index is 8.88. The zero-order valence-corrected chi connectivity index (χ0v) is 10.9. The van der Waals surface area contributed by atoms with E-state index in [1.165, 1.54) is 6.33 Å². The van der Waals surface area contributed by atoms with E-state index in [-0.39, 0.29) is 0 Å². The van der Waals surface area contributed by atoms with Gasteiger partial charge in [0.25, 0.3) is 0 Å². The van der Waals surface area contributed by atoms with E-state index >= 15 is 0 Å². The Morgan fingerprint density at radius 1 is 1.32 bits per heavy atom. The van der Waals surface area contributed by atoms with Crippen molar-refractivity contribution in [2.45, 2.75) is 6.92 Å². The van der Waals surface area contributed by atoms with Gasteiger partial charge in [-0.25, -0.2) is 15.8 Å². The van der Waals surface area contributed by atoms with Gasteiger partial charge in [0.05, 0.1) is 22.3 Å². The zero-order chi connectivity index (χ0) is 13.8. The Morgan fingerprint density at radius 3 is 2.74 bits per heavy atom. The first-order valence-electron chi connectivity index (χ1n) is 5.40. The van der Waals surface area contributed by atoms with Gasteiger partial charge in [-0.1, -0.05) is 11.6 Å². The first-order valence-corrected chi connectivity index (χ1v) is 5.78. The number of nitrogens with one attached hydrogen (secondary N) is 2. The third-order valence-electron chi connectivity index (χ3n) is 2.57. The molecule has 4 N–H and O–H groups in total. The predicted octanol–water partition coefficient (Wildman–Crippen LogP) is 2.34. The minimum absolute atomic E-state index is 0.499. The van der Waals surface area contributed by atoms with Crippen LogP contribution in [0, 0.1) is 18.3 Å². The molecule has 0 aliphatic carbocycles. The van der Waals surface area contributed by atoms with Crippen molar-refractivity contribution < 1.29 is 0 Å². The van der Waals surface area contributed by atoms with Crippen molar-refractivity contribution in [2.75, 3.05) is 10.7 Å². The van der Waals surface area contributed by atoms with E-state index in [9.17, 15) is 0 Å². The van der Waals surface area contributed by atoms with Crippen LogP contribution in [0.15, 0.2) is 24.5 Å². The van der Waals surface area contributed by atoms with Gasteiger partial charge in [0.2, 0.25) is 0 Å². The van der Waals surface area contributed by atoms with Gasteiger partial charge < -0.3 is 10.7 Å². The molecule has 0 aliphatic rings. The molecule has 0 spiro atoms. The highest BCUT2D eigenvalue weighted by atomic mass is 35.5. The number of nitrogens with two attached hydrogens (primary N) is 1. The second-order valence-corrected chi connectivity index (χ2v) is 4.18. The number of hydrogen-bond acceptors (Lipinski definition) is 6. The fourth-order valence-corrected chi connectivity index (χ4v) is 1.70. The largest absolute Gasteiger partial charge is 0.339 e. The van der Waals surface area contributed by atoms with Crippen molar-refractivity contribution in [3.8, 4) is 6.07 Å². The van der Waals surface area contributed by atoms with Crippen LogP contribution >= 0.6 is 11.6 Å². The predicted molar refractivity (Wildman–Crippen MR) is 74.0 cm³/mol. The Labute approximate surface area is 115 Å². The minimum atomic E-state index is 0.499. The van der Waals surface area contributed by atoms with Crippen molar-refractivity contribution in [2.24, 2.45) is 5.84 Å². The van der Waals surface area contributed by atoms with Gasteiger partial charge in [0.15, 0.2) is 0 Å². The van der Waals surface area contributed by atoms with Crippen LogP contribution in [-0.4, -0.2) is 9.97 Å². The molecule has 7 heteroatoms. The van der Waals surface area contributed by atoms with Crippen LogP contribution in [0.4, 0.5) is 17.3 Å². The number of hydrogen-bond donors (Lipinski definition) is 3. The van der Waals surface area contributed by atoms with E-state index in [1.807, 2.05) is 6.92 Å². The number of aromatic nitrogens is 2. The molecular formula is C12H11ClN6. The fraction of sp³-hybridized carbons (Fsp3) is 0.0833. The van der Waals surface area contributed by atoms with Crippen molar-refractivity contribution in [1.82, 2.24) is 9.97 Å². The van der Waals surface area contributed by atoms with Crippen molar-refractivity contribution in [3.05, 3.63) is 40.7 Å². The van der Waals surface area contributed by atoms with Gasteiger partial charge in [-0.05, 0) is 25.1 Å². The topological polar surface area (TPSA) is 99.7 Å². The molecule has 1 aromatic heterocycles. The van der Waals surface area contributed by atoms with Crippen molar-refractivity contribution in [1.29, 1.82) is 5.26 Å². The first-order chi connectivity index (χ1) is 9.15. The lowest BCUT2D eigenvalue weighted by molar-refractivity contribution is 1.11. The summed E-state index contributed by atoms with van der Waals surface area (Å²) >= 11 is 6.07. The average Bonchev–Trinajstić information content (AvgIpc) is 2.43. The molecule has 0 atom stereocenters. The van der Waals surface area contributed by atoms with E-state index in [0.717, 1.165) is 5.56 Å². The zero-order valence-electron chi connectivity index (χ0n) is 10.1. The normalized spacial score (nSPS) is 9.79. The summed E-state index contributed by atoms with van der Waals surface area (Å²) in [5, 5.41) is 12.4. The lowest BCUT2D eigenvalue weighted by Crippen LogP contribution is -2.11. The number of benzene rings is 1. The summed E-state index contributed by atoms with van der Waals surface area (Å²) in [4.78, 5) is 8.10. The third kappa shape index (κ3) is 2.73. The number of rotatable bonds is 3. The molecule has 96 valence electrons. The summed E-state index contributed by atoms with van der Waals surface area (Å²) in [5.41, 5.74) is 4.35. The molecule has 19 heavy (non-hydrogen) atoms. The molecular weight excluding hydrogens is 264 g/mol. The molecule has 0 aliphatic heterocycles. The van der Waals surface area contributed by atoms with Crippen LogP contribution in [0.3, 0.4) is 0 Å². The Hall–Kier alpha value is -2.36. The maximum atomic E-state index is 8.88. The molecule has 0 saturated heterocycles. The molecule has 0 amide bonds. The average molecular weight is 275 g/mol. The van der Waals surface area contributed by atoms with Gasteiger partial charge in [-0.2, -0.15) is 5.26 Å². The van der Waals surface area contributed by atoms with Crippen LogP contribution in [0.1, 0.15) is 11.1 Å². The van der Waals surface area contributed by atoms with Crippen LogP contribution in [-0.2, 0) is 0 Å². The van der Waals surface area contributed by atoms with E-state index in [1.54, 1.807) is 18.2 Å². The monoisotopic (exact) mass is 274 g/mol. The number of nitriles is 1. The van der Waals surface area contributed by atoms with Gasteiger partial charge in [0.1, 0.15) is 18.0 Å². The van der Waals surface area contributed by atoms with Crippen LogP contribution in [0.5, 0.6) is 0 Å². The highest BCUT2D eigenvalue weighted by molar-refractivity contribution is 6.33. The number of nitrogens with zero attached hydrogens (tertiary/aromatic N) is 3. The SMILES string of the molecule is Cc1c(NN)ncnc1Nc1cc(C#N)ccc1Cl. The maximum Gasteiger partial charge on any atom is 0.148 e. The lowest BCUT2D eigenvalue weighted by Gasteiger charge is -2.12. The Morgan fingerprint density at radius 2 is 2.05 bits per heavy atom. The Kier molecular flexibility index (Phi) is 3.80. The molecule has 1 aromatic carbocycles. The summed E-state index contributed by atoms with van der Waals surface area (Å²) in [6.45, 7) is 1.82. The molecule has 0 radical (unpaired) electrons. The first kappa shape index (κ1) is 13.1. The Balaban J connectivity index is 2.39. The van der Waals surface area contributed by atoms with E-state index < -0.39 is 0 Å². The van der Waals surface area contributed by atoms with Crippen molar-refractivity contribution >= 4 is 28.9 Å². The standard InChI is InChI=1S/C12H11ClN6/c1-7-11(16-6-17-12(7)19-15)18-10-4-8(5-14)2-3-9(10)13/h2-4,6H,15H2,1H3,(H2,16,17,18,19). The summed E-state index contributed by atoms with van der Waals surface area (Å²) in [6, 6.07) is 7.01. The molecule has 0 unspecified atom stereocenters. The molecule has 2 rings (SSSR count). The molecule has 0 fully saturated rings. The second-order valence-electron chi connectivity index (χ2n) is 3.77. The number of halogens is 1. The van der Waals surface area contributed by atoms with Crippen molar-refractivity contribution in [3.63, 3.8) is 0 Å². The summed E-state index contributed by atoms with van der Waals surface area (Å²) < 4.78 is 0. The van der Waals surface area contributed by atoms with Crippen LogP contribution < -0.4 is 16.6 Å². The summed E-state index contributed by atoms with van der Waals surface area (Å²) in [7, 11) is 0. The quantitative estimate of drug-likeness (QED) is 0.587. The molecule has 1 heterocycles. The number of anilines is 3. The lowest BCUT2D eigenvalue weighted by atomic mass is 10.2. The van der Waals surface area contributed by atoms with E-state index in [2.05, 4.69) is 26.8 Å². The smallest absolute Gasteiger partial charge is 0.148 e. The molecule has 0 saturated carbocycles. The summed E-state index contributed by atoms with van der Waals surface area (Å²) in [5.74, 6) is 6.44. The fourth-order valence-electron chi connectivity index (χ4n) is 1.54. The summed E-state index contributed by atoms with van der Waals surface area (Å²) in [6.07, 6.45) is 1.38. The Bertz CT molecular complexity index is 649. The minimum Gasteiger partial charge on any atom is -0.339 e. The molecule has 6 nitrogen and oxygen atoms in total. The second kappa shape index (κ2) is 5.52. The molecule has 0 bridgehead atoms. The number of hydrazine groups is 1. The van der Waals surface area contributed by atoms with Gasteiger partial charge >= 0.3 is 0 Å².